The molecule has 1 fully saturated rings. The molecular weight excluding hydrogens is 269 g/mol. The Balaban J connectivity index is 1.72. The minimum Gasteiger partial charge on any atom is -0.491 e. The van der Waals surface area contributed by atoms with Gasteiger partial charge in [0.15, 0.2) is 0 Å². The maximum atomic E-state index is 12.4. The van der Waals surface area contributed by atoms with Crippen LogP contribution in [0.1, 0.15) is 19.3 Å². The molecule has 3 nitrogen and oxygen atoms in total. The molecule has 20 heavy (non-hydrogen) atoms. The summed E-state index contributed by atoms with van der Waals surface area (Å²) in [6.07, 6.45) is -1.85. The summed E-state index contributed by atoms with van der Waals surface area (Å²) < 4.78 is 42.8. The van der Waals surface area contributed by atoms with E-state index in [0.29, 0.717) is 31.0 Å². The van der Waals surface area contributed by atoms with Gasteiger partial charge in [-0.15, -0.1) is 0 Å². The number of benzene rings is 1. The van der Waals surface area contributed by atoms with E-state index in [9.17, 15) is 13.2 Å². The molecule has 1 aliphatic rings. The van der Waals surface area contributed by atoms with Gasteiger partial charge >= 0.3 is 6.18 Å². The number of nitrogen functional groups attached to an aromatic ring is 1. The summed E-state index contributed by atoms with van der Waals surface area (Å²) in [5, 5.41) is 0. The monoisotopic (exact) mass is 288 g/mol. The van der Waals surface area contributed by atoms with E-state index in [-0.39, 0.29) is 6.04 Å². The highest BCUT2D eigenvalue weighted by Gasteiger charge is 2.37. The zero-order valence-corrected chi connectivity index (χ0v) is 11.2. The van der Waals surface area contributed by atoms with E-state index >= 15 is 0 Å². The average molecular weight is 288 g/mol. The van der Waals surface area contributed by atoms with Gasteiger partial charge in [-0.2, -0.15) is 13.2 Å². The van der Waals surface area contributed by atoms with Gasteiger partial charge in [0, 0.05) is 12.6 Å². The number of hydrogen-bond acceptors (Lipinski definition) is 3. The number of ether oxygens (including phenoxy) is 1. The molecule has 1 saturated carbocycles. The molecule has 1 aliphatic carbocycles. The maximum Gasteiger partial charge on any atom is 0.401 e. The number of nitrogens with zero attached hydrogens (tertiary/aromatic N) is 1. The highest BCUT2D eigenvalue weighted by Crippen LogP contribution is 2.30. The molecule has 6 heteroatoms. The molecule has 0 atom stereocenters. The van der Waals surface area contributed by atoms with Crippen molar-refractivity contribution >= 4 is 5.69 Å². The van der Waals surface area contributed by atoms with Crippen LogP contribution in [0.4, 0.5) is 18.9 Å². The summed E-state index contributed by atoms with van der Waals surface area (Å²) in [5.74, 6) is 0.585. The highest BCUT2D eigenvalue weighted by atomic mass is 19.4. The van der Waals surface area contributed by atoms with Crippen molar-refractivity contribution in [2.75, 3.05) is 25.4 Å². The van der Waals surface area contributed by atoms with Crippen molar-refractivity contribution in [1.29, 1.82) is 0 Å². The molecule has 0 amide bonds. The molecule has 0 aliphatic heterocycles. The summed E-state index contributed by atoms with van der Waals surface area (Å²) in [7, 11) is 0. The Kier molecular flexibility index (Phi) is 4.75. The Morgan fingerprint density at radius 1 is 1.25 bits per heavy atom. The van der Waals surface area contributed by atoms with Gasteiger partial charge in [0.25, 0.3) is 0 Å². The lowest BCUT2D eigenvalue weighted by molar-refractivity contribution is -0.147. The lowest BCUT2D eigenvalue weighted by Gasteiger charge is -2.23. The van der Waals surface area contributed by atoms with E-state index in [1.165, 1.54) is 4.90 Å². The summed E-state index contributed by atoms with van der Waals surface area (Å²) in [6, 6.07) is 7.20. The Labute approximate surface area is 116 Å². The van der Waals surface area contributed by atoms with E-state index in [2.05, 4.69) is 0 Å². The van der Waals surface area contributed by atoms with Gasteiger partial charge in [0.1, 0.15) is 5.75 Å². The number of para-hydroxylation sites is 2. The van der Waals surface area contributed by atoms with Gasteiger partial charge in [-0.3, -0.25) is 4.90 Å². The number of alkyl halides is 3. The normalized spacial score (nSPS) is 15.6. The SMILES string of the molecule is Nc1ccccc1OCCCN(CC(F)(F)F)C1CC1. The van der Waals surface area contributed by atoms with E-state index in [4.69, 9.17) is 10.5 Å². The molecule has 1 aromatic carbocycles. The van der Waals surface area contributed by atoms with Gasteiger partial charge in [-0.25, -0.2) is 0 Å². The fourth-order valence-corrected chi connectivity index (χ4v) is 2.12. The molecule has 112 valence electrons. The van der Waals surface area contributed by atoms with Crippen molar-refractivity contribution in [2.45, 2.75) is 31.5 Å². The standard InChI is InChI=1S/C14H19F3N2O/c15-14(16,17)10-19(11-6-7-11)8-3-9-20-13-5-2-1-4-12(13)18/h1-2,4-5,11H,3,6-10,18H2. The number of nitrogens with two attached hydrogens (primary N) is 1. The van der Waals surface area contributed by atoms with E-state index in [1.807, 2.05) is 6.07 Å². The highest BCUT2D eigenvalue weighted by molar-refractivity contribution is 5.51. The van der Waals surface area contributed by atoms with Gasteiger partial charge in [-0.05, 0) is 31.4 Å². The molecule has 2 N–H and O–H groups in total. The molecule has 0 unspecified atom stereocenters. The van der Waals surface area contributed by atoms with E-state index in [1.54, 1.807) is 18.2 Å². The second-order valence-electron chi connectivity index (χ2n) is 5.06. The van der Waals surface area contributed by atoms with Gasteiger partial charge < -0.3 is 10.5 Å². The van der Waals surface area contributed by atoms with Gasteiger partial charge in [-0.1, -0.05) is 12.1 Å². The van der Waals surface area contributed by atoms with Crippen molar-refractivity contribution in [3.63, 3.8) is 0 Å². The Bertz CT molecular complexity index is 433. The first-order chi connectivity index (χ1) is 9.46. The van der Waals surface area contributed by atoms with Crippen LogP contribution in [0.2, 0.25) is 0 Å². The van der Waals surface area contributed by atoms with Crippen LogP contribution in [0.3, 0.4) is 0 Å². The van der Waals surface area contributed by atoms with Crippen LogP contribution in [-0.2, 0) is 0 Å². The van der Waals surface area contributed by atoms with Crippen molar-refractivity contribution in [1.82, 2.24) is 4.90 Å². The second kappa shape index (κ2) is 6.35. The average Bonchev–Trinajstić information content (AvgIpc) is 3.18. The third-order valence-electron chi connectivity index (χ3n) is 3.21. The maximum absolute atomic E-state index is 12.4. The van der Waals surface area contributed by atoms with Crippen LogP contribution in [0.15, 0.2) is 24.3 Å². The number of hydrogen-bond donors (Lipinski definition) is 1. The van der Waals surface area contributed by atoms with Crippen molar-refractivity contribution < 1.29 is 17.9 Å². The summed E-state index contributed by atoms with van der Waals surface area (Å²) in [6.45, 7) is -0.0582. The predicted octanol–water partition coefficient (Wildman–Crippen LogP) is 3.06. The first-order valence-electron chi connectivity index (χ1n) is 6.74. The van der Waals surface area contributed by atoms with Crippen molar-refractivity contribution in [3.05, 3.63) is 24.3 Å². The number of rotatable bonds is 7. The Hall–Kier alpha value is -1.43. The van der Waals surface area contributed by atoms with Gasteiger partial charge in [0.05, 0.1) is 18.8 Å². The predicted molar refractivity (Wildman–Crippen MR) is 71.6 cm³/mol. The smallest absolute Gasteiger partial charge is 0.401 e. The van der Waals surface area contributed by atoms with E-state index in [0.717, 1.165) is 12.8 Å². The summed E-state index contributed by atoms with van der Waals surface area (Å²) in [4.78, 5) is 1.50. The summed E-state index contributed by atoms with van der Waals surface area (Å²) in [5.41, 5.74) is 6.26. The number of halogens is 3. The van der Waals surface area contributed by atoms with Crippen LogP contribution >= 0.6 is 0 Å². The fraction of sp³-hybridized carbons (Fsp3) is 0.571. The third-order valence-corrected chi connectivity index (χ3v) is 3.21. The minimum atomic E-state index is -4.13. The van der Waals surface area contributed by atoms with Crippen molar-refractivity contribution in [2.24, 2.45) is 0 Å². The molecule has 0 aromatic heterocycles. The third kappa shape index (κ3) is 4.92. The molecule has 0 bridgehead atoms. The largest absolute Gasteiger partial charge is 0.491 e. The van der Waals surface area contributed by atoms with Crippen LogP contribution in [0, 0.1) is 0 Å². The quantitative estimate of drug-likeness (QED) is 0.619. The molecule has 0 radical (unpaired) electrons. The first-order valence-corrected chi connectivity index (χ1v) is 6.74. The molecule has 1 aromatic rings. The zero-order chi connectivity index (χ0) is 14.6. The van der Waals surface area contributed by atoms with Crippen LogP contribution < -0.4 is 10.5 Å². The Morgan fingerprint density at radius 3 is 2.55 bits per heavy atom. The molecule has 0 saturated heterocycles. The number of anilines is 1. The first kappa shape index (κ1) is 15.0. The van der Waals surface area contributed by atoms with Crippen molar-refractivity contribution in [3.8, 4) is 5.75 Å². The lowest BCUT2D eigenvalue weighted by atomic mass is 10.3. The van der Waals surface area contributed by atoms with Crippen LogP contribution in [0.25, 0.3) is 0 Å². The van der Waals surface area contributed by atoms with Crippen LogP contribution in [0.5, 0.6) is 5.75 Å². The van der Waals surface area contributed by atoms with Gasteiger partial charge in [0.2, 0.25) is 0 Å². The zero-order valence-electron chi connectivity index (χ0n) is 11.2. The lowest BCUT2D eigenvalue weighted by Crippen LogP contribution is -2.37. The minimum absolute atomic E-state index is 0.0958. The molecule has 0 spiro atoms. The molecular formula is C14H19F3N2O. The second-order valence-corrected chi connectivity index (χ2v) is 5.06. The fourth-order valence-electron chi connectivity index (χ4n) is 2.12. The van der Waals surface area contributed by atoms with Crippen LogP contribution in [-0.4, -0.2) is 36.8 Å². The van der Waals surface area contributed by atoms with E-state index < -0.39 is 12.7 Å². The molecule has 2 rings (SSSR count). The summed E-state index contributed by atoms with van der Waals surface area (Å²) >= 11 is 0. The Morgan fingerprint density at radius 2 is 1.95 bits per heavy atom. The topological polar surface area (TPSA) is 38.5 Å². The molecule has 0 heterocycles.